The van der Waals surface area contributed by atoms with Gasteiger partial charge >= 0.3 is 11.9 Å². The van der Waals surface area contributed by atoms with Crippen molar-refractivity contribution in [3.63, 3.8) is 0 Å². The summed E-state index contributed by atoms with van der Waals surface area (Å²) in [5, 5.41) is 0. The third-order valence-corrected chi connectivity index (χ3v) is 6.73. The van der Waals surface area contributed by atoms with Crippen molar-refractivity contribution in [2.24, 2.45) is 5.41 Å². The first kappa shape index (κ1) is 28.6. The van der Waals surface area contributed by atoms with E-state index in [0.717, 1.165) is 19.3 Å². The average Bonchev–Trinajstić information content (AvgIpc) is 2.73. The second kappa shape index (κ2) is 11.6. The van der Waals surface area contributed by atoms with Gasteiger partial charge in [0.25, 0.3) is 0 Å². The van der Waals surface area contributed by atoms with Crippen molar-refractivity contribution in [3.8, 4) is 0 Å². The number of rotatable bonds is 9. The molecule has 0 aromatic carbocycles. The van der Waals surface area contributed by atoms with Crippen molar-refractivity contribution in [3.05, 3.63) is 0 Å². The smallest absolute Gasteiger partial charge is 0.335 e. The second-order valence-corrected chi connectivity index (χ2v) is 10.2. The summed E-state index contributed by atoms with van der Waals surface area (Å²) in [5.74, 6) is -1.48. The van der Waals surface area contributed by atoms with E-state index >= 15 is 0 Å². The summed E-state index contributed by atoms with van der Waals surface area (Å²) in [6.45, 7) is 16.6. The molecule has 1 rings (SSSR count). The molecular weight excluding hydrogens is 412 g/mol. The van der Waals surface area contributed by atoms with Crippen molar-refractivity contribution in [1.29, 1.82) is 0 Å². The lowest BCUT2D eigenvalue weighted by molar-refractivity contribution is -0.188. The Morgan fingerprint density at radius 1 is 1.19 bits per heavy atom. The summed E-state index contributed by atoms with van der Waals surface area (Å²) < 4.78 is 22.8. The van der Waals surface area contributed by atoms with Gasteiger partial charge in [0.15, 0.2) is 24.1 Å². The topological polar surface area (TPSA) is 88.1 Å². The number of hydrogen-bond acceptors (Lipinski definition) is 7. The van der Waals surface area contributed by atoms with Crippen LogP contribution in [0.1, 0.15) is 101 Å². The average molecular weight is 457 g/mol. The zero-order valence-corrected chi connectivity index (χ0v) is 21.5. The number of cyclic esters (lactones) is 1. The third kappa shape index (κ3) is 7.84. The molecule has 0 aliphatic carbocycles. The van der Waals surface area contributed by atoms with E-state index in [-0.39, 0.29) is 12.4 Å². The molecule has 0 amide bonds. The molecule has 0 spiro atoms. The number of carbonyl (C=O) groups excluding carboxylic acids is 3. The molecule has 1 saturated heterocycles. The van der Waals surface area contributed by atoms with Gasteiger partial charge in [0.05, 0.1) is 11.2 Å². The van der Waals surface area contributed by atoms with Gasteiger partial charge in [-0.25, -0.2) is 9.59 Å². The fourth-order valence-corrected chi connectivity index (χ4v) is 3.93. The molecule has 1 fully saturated rings. The first-order valence-electron chi connectivity index (χ1n) is 12.0. The molecule has 186 valence electrons. The summed E-state index contributed by atoms with van der Waals surface area (Å²) in [6.07, 6.45) is 1.63. The number of esters is 2. The molecule has 0 bridgehead atoms. The molecule has 0 N–H and O–H groups in total. The highest BCUT2D eigenvalue weighted by Crippen LogP contribution is 2.34. The quantitative estimate of drug-likeness (QED) is 0.461. The molecule has 7 nitrogen and oxygen atoms in total. The van der Waals surface area contributed by atoms with E-state index in [1.807, 2.05) is 41.5 Å². The van der Waals surface area contributed by atoms with E-state index < -0.39 is 46.9 Å². The minimum absolute atomic E-state index is 0.260. The van der Waals surface area contributed by atoms with Crippen molar-refractivity contribution < 1.29 is 33.3 Å². The van der Waals surface area contributed by atoms with E-state index in [1.165, 1.54) is 0 Å². The largest absolute Gasteiger partial charge is 0.459 e. The standard InChI is InChI=1S/C25H44O7/c1-10-13-24(8,11-2)31-17(4)21(27)29-16-19-20(26)23(6,7)14-15-25(9,12-3)32-18(5)22(28)30-19/h17-19H,10-16H2,1-9H3/t17-,18-,19-,24?,25?/m1/s1. The monoisotopic (exact) mass is 456 g/mol. The SMILES string of the molecule is CCCC(C)(CC)O[C@H](C)C(=O)OC[C@H]1OC(=O)[C@@H](C)OC(C)(CC)CCC(C)(C)C1=O. The lowest BCUT2D eigenvalue weighted by Crippen LogP contribution is -2.47. The molecule has 0 saturated carbocycles. The zero-order valence-electron chi connectivity index (χ0n) is 21.5. The number of ether oxygens (including phenoxy) is 4. The van der Waals surface area contributed by atoms with Crippen LogP contribution in [-0.4, -0.2) is 53.8 Å². The highest BCUT2D eigenvalue weighted by Gasteiger charge is 2.42. The maximum absolute atomic E-state index is 13.2. The van der Waals surface area contributed by atoms with Crippen LogP contribution >= 0.6 is 0 Å². The Morgan fingerprint density at radius 2 is 1.81 bits per heavy atom. The van der Waals surface area contributed by atoms with Crippen LogP contribution in [0.4, 0.5) is 0 Å². The highest BCUT2D eigenvalue weighted by molar-refractivity contribution is 5.91. The summed E-state index contributed by atoms with van der Waals surface area (Å²) in [5.41, 5.74) is -1.71. The van der Waals surface area contributed by atoms with E-state index in [4.69, 9.17) is 18.9 Å². The molecule has 2 unspecified atom stereocenters. The Labute approximate surface area is 193 Å². The van der Waals surface area contributed by atoms with Gasteiger partial charge in [-0.05, 0) is 59.8 Å². The van der Waals surface area contributed by atoms with Gasteiger partial charge in [0.2, 0.25) is 0 Å². The van der Waals surface area contributed by atoms with Gasteiger partial charge in [-0.3, -0.25) is 4.79 Å². The summed E-state index contributed by atoms with van der Waals surface area (Å²) in [6, 6.07) is 0. The van der Waals surface area contributed by atoms with Crippen LogP contribution in [-0.2, 0) is 33.3 Å². The normalized spacial score (nSPS) is 29.5. The lowest BCUT2D eigenvalue weighted by Gasteiger charge is -2.37. The summed E-state index contributed by atoms with van der Waals surface area (Å²) in [4.78, 5) is 38.4. The van der Waals surface area contributed by atoms with Crippen LogP contribution < -0.4 is 0 Å². The minimum Gasteiger partial charge on any atom is -0.459 e. The number of ketones is 1. The van der Waals surface area contributed by atoms with Gasteiger partial charge < -0.3 is 18.9 Å². The van der Waals surface area contributed by atoms with Crippen LogP contribution in [0.3, 0.4) is 0 Å². The Balaban J connectivity index is 2.92. The van der Waals surface area contributed by atoms with E-state index in [0.29, 0.717) is 19.3 Å². The predicted octanol–water partition coefficient (Wildman–Crippen LogP) is 4.78. The second-order valence-electron chi connectivity index (χ2n) is 10.2. The van der Waals surface area contributed by atoms with Crippen LogP contribution in [0.15, 0.2) is 0 Å². The number of carbonyl (C=O) groups is 3. The van der Waals surface area contributed by atoms with E-state index in [9.17, 15) is 14.4 Å². The number of hydrogen-bond donors (Lipinski definition) is 0. The van der Waals surface area contributed by atoms with Crippen LogP contribution in [0, 0.1) is 5.41 Å². The van der Waals surface area contributed by atoms with Gasteiger partial charge in [0, 0.05) is 5.41 Å². The molecule has 1 aliphatic heterocycles. The molecule has 5 atom stereocenters. The fourth-order valence-electron chi connectivity index (χ4n) is 3.93. The van der Waals surface area contributed by atoms with E-state index in [1.54, 1.807) is 13.8 Å². The summed E-state index contributed by atoms with van der Waals surface area (Å²) >= 11 is 0. The van der Waals surface area contributed by atoms with Crippen molar-refractivity contribution in [2.45, 2.75) is 130 Å². The maximum atomic E-state index is 13.2. The van der Waals surface area contributed by atoms with Crippen molar-refractivity contribution in [1.82, 2.24) is 0 Å². The molecule has 0 aromatic heterocycles. The van der Waals surface area contributed by atoms with Crippen molar-refractivity contribution >= 4 is 17.7 Å². The first-order chi connectivity index (χ1) is 14.7. The fraction of sp³-hybridized carbons (Fsp3) is 0.880. The Kier molecular flexibility index (Phi) is 10.3. The third-order valence-electron chi connectivity index (χ3n) is 6.73. The van der Waals surface area contributed by atoms with Gasteiger partial charge in [-0.15, -0.1) is 0 Å². The molecule has 32 heavy (non-hydrogen) atoms. The highest BCUT2D eigenvalue weighted by atomic mass is 16.6. The molecular formula is C25H44O7. The predicted molar refractivity (Wildman–Crippen MR) is 122 cm³/mol. The Morgan fingerprint density at radius 3 is 2.34 bits per heavy atom. The van der Waals surface area contributed by atoms with Crippen molar-refractivity contribution in [2.75, 3.05) is 6.61 Å². The van der Waals surface area contributed by atoms with Crippen LogP contribution in [0.5, 0.6) is 0 Å². The number of Topliss-reactive ketones (excluding diaryl/α,β-unsaturated/α-hetero) is 1. The Bertz CT molecular complexity index is 659. The Hall–Kier alpha value is -1.47. The minimum atomic E-state index is -1.18. The first-order valence-corrected chi connectivity index (χ1v) is 12.0. The molecule has 1 aliphatic rings. The maximum Gasteiger partial charge on any atom is 0.335 e. The molecule has 0 radical (unpaired) electrons. The van der Waals surface area contributed by atoms with Gasteiger partial charge in [-0.2, -0.15) is 0 Å². The van der Waals surface area contributed by atoms with Crippen LogP contribution in [0.2, 0.25) is 0 Å². The van der Waals surface area contributed by atoms with Gasteiger partial charge in [-0.1, -0.05) is 41.0 Å². The molecule has 1 heterocycles. The lowest BCUT2D eigenvalue weighted by atomic mass is 9.77. The summed E-state index contributed by atoms with van der Waals surface area (Å²) in [7, 11) is 0. The molecule has 7 heteroatoms. The van der Waals surface area contributed by atoms with Gasteiger partial charge in [0.1, 0.15) is 6.61 Å². The molecule has 0 aromatic rings. The zero-order chi connectivity index (χ0) is 24.7. The van der Waals surface area contributed by atoms with E-state index in [2.05, 4.69) is 6.92 Å². The van der Waals surface area contributed by atoms with Crippen LogP contribution in [0.25, 0.3) is 0 Å².